The van der Waals surface area contributed by atoms with Crippen LogP contribution in [0.3, 0.4) is 0 Å². The lowest BCUT2D eigenvalue weighted by atomic mass is 9.49. The quantitative estimate of drug-likeness (QED) is 0.188. The number of nitriles is 1. The number of nitrogens with zero attached hydrogens (tertiary/aromatic N) is 6. The Kier molecular flexibility index (Phi) is 11.1. The zero-order valence-electron chi connectivity index (χ0n) is 36.7. The second kappa shape index (κ2) is 16.6. The predicted octanol–water partition coefficient (Wildman–Crippen LogP) is 5.69. The molecule has 4 fully saturated rings. The largest absolute Gasteiger partial charge is 0.488 e. The molecular formula is C49H53FN8O6. The molecule has 1 aliphatic carbocycles. The third-order valence-corrected chi connectivity index (χ3v) is 14.4. The van der Waals surface area contributed by atoms with E-state index in [4.69, 9.17) is 4.74 Å². The molecule has 15 heteroatoms. The molecular weight excluding hydrogens is 816 g/mol. The summed E-state index contributed by atoms with van der Waals surface area (Å²) in [7, 11) is 0. The molecule has 5 amide bonds. The van der Waals surface area contributed by atoms with Crippen molar-refractivity contribution in [2.24, 2.45) is 16.7 Å². The van der Waals surface area contributed by atoms with Crippen LogP contribution in [-0.4, -0.2) is 108 Å². The molecule has 14 nitrogen and oxygen atoms in total. The molecule has 0 bridgehead atoms. The molecule has 0 spiro atoms. The van der Waals surface area contributed by atoms with E-state index in [2.05, 4.69) is 64.1 Å². The predicted molar refractivity (Wildman–Crippen MR) is 237 cm³/mol. The molecule has 1 aromatic heterocycles. The van der Waals surface area contributed by atoms with Crippen LogP contribution in [0, 0.1) is 33.9 Å². The van der Waals surface area contributed by atoms with Crippen LogP contribution in [-0.2, 0) is 9.59 Å². The second-order valence-electron chi connectivity index (χ2n) is 19.1. The fraction of sp³-hybridized carbons (Fsp3) is 0.449. The van der Waals surface area contributed by atoms with Crippen LogP contribution in [0.1, 0.15) is 96.4 Å². The number of fused-ring (bicyclic) bond motifs is 2. The van der Waals surface area contributed by atoms with Crippen LogP contribution < -0.4 is 25.2 Å². The summed E-state index contributed by atoms with van der Waals surface area (Å²) >= 11 is 0. The lowest BCUT2D eigenvalue weighted by molar-refractivity contribution is -0.163. The molecule has 0 radical (unpaired) electrons. The van der Waals surface area contributed by atoms with Gasteiger partial charge in [0.05, 0.1) is 27.9 Å². The maximum absolute atomic E-state index is 15.7. The molecule has 332 valence electrons. The minimum atomic E-state index is -0.989. The van der Waals surface area contributed by atoms with Crippen molar-refractivity contribution < 1.29 is 33.1 Å². The van der Waals surface area contributed by atoms with Gasteiger partial charge in [-0.25, -0.2) is 4.39 Å². The van der Waals surface area contributed by atoms with E-state index >= 15 is 4.39 Å². The first-order valence-electron chi connectivity index (χ1n) is 22.3. The number of halogens is 1. The van der Waals surface area contributed by atoms with Crippen molar-refractivity contribution in [1.29, 1.82) is 5.26 Å². The molecule has 64 heavy (non-hydrogen) atoms. The van der Waals surface area contributed by atoms with Gasteiger partial charge in [-0.3, -0.25) is 44.1 Å². The van der Waals surface area contributed by atoms with Gasteiger partial charge in [0.2, 0.25) is 11.8 Å². The van der Waals surface area contributed by atoms with Gasteiger partial charge < -0.3 is 19.9 Å². The van der Waals surface area contributed by atoms with Crippen molar-refractivity contribution in [3.8, 4) is 11.8 Å². The van der Waals surface area contributed by atoms with Gasteiger partial charge in [-0.05, 0) is 98.8 Å². The zero-order valence-corrected chi connectivity index (χ0v) is 36.7. The molecule has 4 aliphatic heterocycles. The summed E-state index contributed by atoms with van der Waals surface area (Å²) in [6, 6.07) is 18.2. The van der Waals surface area contributed by atoms with Crippen LogP contribution in [0.4, 0.5) is 15.8 Å². The summed E-state index contributed by atoms with van der Waals surface area (Å²) in [4.78, 5) is 76.3. The summed E-state index contributed by atoms with van der Waals surface area (Å²) in [5.74, 6) is -1.63. The molecule has 3 aromatic carbocycles. The normalized spacial score (nSPS) is 23.4. The van der Waals surface area contributed by atoms with E-state index in [1.54, 1.807) is 42.6 Å². The van der Waals surface area contributed by atoms with Gasteiger partial charge in [-0.1, -0.05) is 27.7 Å². The number of hydrogen-bond acceptors (Lipinski definition) is 11. The number of pyridine rings is 1. The van der Waals surface area contributed by atoms with Crippen molar-refractivity contribution in [2.45, 2.75) is 78.0 Å². The Bertz CT molecular complexity index is 2590. The van der Waals surface area contributed by atoms with Gasteiger partial charge in [0.1, 0.15) is 29.8 Å². The highest BCUT2D eigenvalue weighted by atomic mass is 19.1. The minimum Gasteiger partial charge on any atom is -0.488 e. The fourth-order valence-electron chi connectivity index (χ4n) is 11.1. The van der Waals surface area contributed by atoms with Crippen molar-refractivity contribution in [1.82, 2.24) is 25.4 Å². The zero-order chi connectivity index (χ0) is 45.1. The van der Waals surface area contributed by atoms with E-state index in [-0.39, 0.29) is 47.6 Å². The highest BCUT2D eigenvalue weighted by Gasteiger charge is 2.64. The van der Waals surface area contributed by atoms with Crippen LogP contribution in [0.2, 0.25) is 0 Å². The average Bonchev–Trinajstić information content (AvgIpc) is 3.54. The molecule has 4 aromatic rings. The van der Waals surface area contributed by atoms with Crippen LogP contribution in [0.15, 0.2) is 66.9 Å². The first-order chi connectivity index (χ1) is 30.6. The number of piperazine rings is 1. The van der Waals surface area contributed by atoms with Crippen LogP contribution >= 0.6 is 0 Å². The van der Waals surface area contributed by atoms with E-state index in [0.29, 0.717) is 28.4 Å². The lowest BCUT2D eigenvalue weighted by Crippen LogP contribution is -2.74. The number of aromatic nitrogens is 1. The van der Waals surface area contributed by atoms with Crippen LogP contribution in [0.25, 0.3) is 10.9 Å². The Morgan fingerprint density at radius 3 is 2.33 bits per heavy atom. The van der Waals surface area contributed by atoms with E-state index < -0.39 is 46.3 Å². The van der Waals surface area contributed by atoms with Gasteiger partial charge in [0, 0.05) is 85.4 Å². The average molecular weight is 869 g/mol. The minimum absolute atomic E-state index is 0.0789. The number of anilines is 2. The number of piperidine rings is 2. The number of nitrogens with one attached hydrogen (secondary N) is 2. The third kappa shape index (κ3) is 7.61. The van der Waals surface area contributed by atoms with Crippen molar-refractivity contribution in [2.75, 3.05) is 55.6 Å². The number of ether oxygens (including phenoxy) is 1. The summed E-state index contributed by atoms with van der Waals surface area (Å²) in [6.45, 7) is 13.9. The van der Waals surface area contributed by atoms with E-state index in [1.165, 1.54) is 6.07 Å². The molecule has 1 unspecified atom stereocenters. The summed E-state index contributed by atoms with van der Waals surface area (Å²) in [5, 5.41) is 15.8. The number of carbonyl (C=O) groups excluding carboxylic acids is 5. The molecule has 9 rings (SSSR count). The van der Waals surface area contributed by atoms with E-state index in [0.717, 1.165) is 81.0 Å². The Labute approximate surface area is 371 Å². The highest BCUT2D eigenvalue weighted by molar-refractivity contribution is 6.23. The molecule has 1 saturated carbocycles. The summed E-state index contributed by atoms with van der Waals surface area (Å²) in [6.07, 6.45) is 4.53. The first-order valence-corrected chi connectivity index (χ1v) is 22.3. The number of hydrogen-bond donors (Lipinski definition) is 2. The Balaban J connectivity index is 0.735. The maximum Gasteiger partial charge on any atom is 0.262 e. The highest BCUT2D eigenvalue weighted by Crippen LogP contribution is 2.56. The summed E-state index contributed by atoms with van der Waals surface area (Å²) in [5.41, 5.74) is 2.35. The van der Waals surface area contributed by atoms with Gasteiger partial charge >= 0.3 is 0 Å². The fourth-order valence-corrected chi connectivity index (χ4v) is 11.1. The third-order valence-electron chi connectivity index (χ3n) is 14.4. The summed E-state index contributed by atoms with van der Waals surface area (Å²) < 4.78 is 22.4. The standard InChI is InChI=1S/C49H53FN8O6/c1-48(2)46(49(3,4)47(48)64-39-13-8-31(28-51)41-34(39)6-5-18-52-41)54-42(60)30-7-11-37(36(50)26-30)57-20-16-29(17-21-57)15-19-55-22-24-56(25-23-55)32-9-10-33-35(27-32)45(63)58(44(33)62)38-12-14-40(59)53-43(38)61/h5-11,13,18,26-27,29,38,46-47H,12,14-17,19-25H2,1-4H3,(H,54,60)(H,53,59,61)/t38?,46-,47-. The molecule has 3 saturated heterocycles. The first kappa shape index (κ1) is 42.9. The Hall–Kier alpha value is -6.40. The Morgan fingerprint density at radius 2 is 1.62 bits per heavy atom. The smallest absolute Gasteiger partial charge is 0.262 e. The second-order valence-corrected chi connectivity index (χ2v) is 19.1. The molecule has 5 aliphatic rings. The SMILES string of the molecule is CC1(C)[C@H](NC(=O)c2ccc(N3CCC(CCN4CCN(c5ccc6c(c5)C(=O)N(C5CCC(=O)NC5=O)C6=O)CC4)CC3)c(F)c2)C(C)(C)[C@H]1Oc1ccc(C#N)c2ncccc12. The van der Waals surface area contributed by atoms with E-state index in [1.807, 2.05) is 18.2 Å². The number of carbonyl (C=O) groups is 5. The van der Waals surface area contributed by atoms with Gasteiger partial charge in [-0.15, -0.1) is 0 Å². The number of imide groups is 2. The molecule has 2 N–H and O–H groups in total. The molecule has 5 heterocycles. The van der Waals surface area contributed by atoms with Crippen molar-refractivity contribution >= 4 is 51.8 Å². The lowest BCUT2D eigenvalue weighted by Gasteiger charge is -2.63. The number of benzene rings is 3. The Morgan fingerprint density at radius 1 is 0.891 bits per heavy atom. The number of amides is 5. The van der Waals surface area contributed by atoms with Crippen molar-refractivity contribution in [3.63, 3.8) is 0 Å². The van der Waals surface area contributed by atoms with Gasteiger partial charge in [-0.2, -0.15) is 5.26 Å². The molecule has 1 atom stereocenters. The van der Waals surface area contributed by atoms with Crippen molar-refractivity contribution in [3.05, 3.63) is 94.9 Å². The number of rotatable bonds is 10. The van der Waals surface area contributed by atoms with E-state index in [9.17, 15) is 29.2 Å². The topological polar surface area (TPSA) is 168 Å². The van der Waals surface area contributed by atoms with Gasteiger partial charge in [0.25, 0.3) is 17.7 Å². The maximum atomic E-state index is 15.7. The van der Waals surface area contributed by atoms with Crippen LogP contribution in [0.5, 0.6) is 5.75 Å². The monoisotopic (exact) mass is 868 g/mol. The van der Waals surface area contributed by atoms with Gasteiger partial charge in [0.15, 0.2) is 0 Å².